The van der Waals surface area contributed by atoms with Crippen LogP contribution in [-0.2, 0) is 0 Å². The number of hydrogen-bond acceptors (Lipinski definition) is 0. The minimum atomic E-state index is 0.0633. The first-order valence-corrected chi connectivity index (χ1v) is 9.06. The average Bonchev–Trinajstić information content (AvgIpc) is 3.05. The van der Waals surface area contributed by atoms with Crippen LogP contribution in [0.2, 0.25) is 0 Å². The predicted molar refractivity (Wildman–Crippen MR) is 82.3 cm³/mol. The van der Waals surface area contributed by atoms with Crippen molar-refractivity contribution < 1.29 is 0 Å². The van der Waals surface area contributed by atoms with Crippen LogP contribution >= 0.6 is 7.92 Å². The van der Waals surface area contributed by atoms with E-state index in [4.69, 9.17) is 0 Å². The van der Waals surface area contributed by atoms with Crippen molar-refractivity contribution >= 4 is 7.92 Å². The molecule has 0 heterocycles. The molecule has 4 atom stereocenters. The second-order valence-electron chi connectivity index (χ2n) is 6.17. The molecular formula is C17H25P. The molecule has 3 aliphatic rings. The summed E-state index contributed by atoms with van der Waals surface area (Å²) in [4.78, 5) is 0. The Balaban J connectivity index is 1.88. The molecule has 98 valence electrons. The maximum absolute atomic E-state index is 2.59. The second-order valence-corrected chi connectivity index (χ2v) is 8.78. The van der Waals surface area contributed by atoms with Gasteiger partial charge in [-0.05, 0) is 56.7 Å². The van der Waals surface area contributed by atoms with Gasteiger partial charge >= 0.3 is 0 Å². The highest BCUT2D eigenvalue weighted by molar-refractivity contribution is 7.64. The largest absolute Gasteiger partial charge is 0.0876 e. The predicted octanol–water partition coefficient (Wildman–Crippen LogP) is 5.61. The van der Waals surface area contributed by atoms with Gasteiger partial charge in [0.25, 0.3) is 0 Å². The molecule has 18 heavy (non-hydrogen) atoms. The van der Waals surface area contributed by atoms with Crippen LogP contribution in [0.4, 0.5) is 0 Å². The molecule has 2 unspecified atom stereocenters. The van der Waals surface area contributed by atoms with E-state index in [0.717, 1.165) is 17.2 Å². The van der Waals surface area contributed by atoms with Gasteiger partial charge in [-0.25, -0.2) is 0 Å². The van der Waals surface area contributed by atoms with E-state index in [2.05, 4.69) is 38.2 Å². The average molecular weight is 260 g/mol. The van der Waals surface area contributed by atoms with Gasteiger partial charge in [0.2, 0.25) is 0 Å². The third-order valence-corrected chi connectivity index (χ3v) is 8.59. The fraction of sp³-hybridized carbons (Fsp3) is 0.647. The van der Waals surface area contributed by atoms with Crippen LogP contribution in [-0.4, -0.2) is 11.3 Å². The molecule has 0 N–H and O–H groups in total. The maximum atomic E-state index is 2.59. The molecule has 0 spiro atoms. The zero-order chi connectivity index (χ0) is 12.5. The van der Waals surface area contributed by atoms with Crippen molar-refractivity contribution in [2.24, 2.45) is 5.92 Å². The fourth-order valence-electron chi connectivity index (χ4n) is 3.81. The highest BCUT2D eigenvalue weighted by atomic mass is 31.1. The minimum Gasteiger partial charge on any atom is -0.0876 e. The summed E-state index contributed by atoms with van der Waals surface area (Å²) in [5.74, 6) is 0.881. The van der Waals surface area contributed by atoms with Gasteiger partial charge in [-0.15, -0.1) is 0 Å². The molecule has 1 heteroatoms. The number of rotatable bonds is 3. The van der Waals surface area contributed by atoms with E-state index in [1.165, 1.54) is 38.5 Å². The fourth-order valence-corrected chi connectivity index (χ4v) is 7.71. The van der Waals surface area contributed by atoms with E-state index < -0.39 is 0 Å². The molecule has 0 saturated heterocycles. The minimum absolute atomic E-state index is 0.0633. The molecule has 0 saturated carbocycles. The lowest BCUT2D eigenvalue weighted by Crippen LogP contribution is -2.17. The molecule has 0 radical (unpaired) electrons. The van der Waals surface area contributed by atoms with Crippen molar-refractivity contribution in [3.05, 3.63) is 35.2 Å². The molecule has 0 bridgehead atoms. The summed E-state index contributed by atoms with van der Waals surface area (Å²) in [6.45, 7) is 4.84. The highest BCUT2D eigenvalue weighted by Crippen LogP contribution is 2.64. The standard InChI is InChI=1S/C17H25P/c1-13-7-5-11-16(13)18(15-9-3-4-10-15)17-12-6-8-14(17)2/h5,8-9,11,13,16-17H,3-4,6-7,10,12H2,1-2H3/t13?,16-,17+,18?/m0/s1. The van der Waals surface area contributed by atoms with Gasteiger partial charge in [0, 0.05) is 11.3 Å². The Morgan fingerprint density at radius 3 is 2.67 bits per heavy atom. The van der Waals surface area contributed by atoms with Gasteiger partial charge in [-0.3, -0.25) is 0 Å². The Hall–Kier alpha value is -0.350. The maximum Gasteiger partial charge on any atom is 0.00431 e. The molecule has 3 rings (SSSR count). The smallest absolute Gasteiger partial charge is 0.00431 e. The molecule has 0 aromatic rings. The number of hydrogen-bond donors (Lipinski definition) is 0. The van der Waals surface area contributed by atoms with Crippen LogP contribution < -0.4 is 0 Å². The third-order valence-electron chi connectivity index (χ3n) is 4.86. The Labute approximate surface area is 113 Å². The molecule has 0 aromatic heterocycles. The van der Waals surface area contributed by atoms with E-state index in [9.17, 15) is 0 Å². The Morgan fingerprint density at radius 1 is 1.22 bits per heavy atom. The van der Waals surface area contributed by atoms with Crippen molar-refractivity contribution in [3.8, 4) is 0 Å². The van der Waals surface area contributed by atoms with Gasteiger partial charge < -0.3 is 0 Å². The van der Waals surface area contributed by atoms with Crippen LogP contribution in [0.15, 0.2) is 35.2 Å². The normalized spacial score (nSPS) is 36.9. The second kappa shape index (κ2) is 5.33. The molecule has 0 aromatic carbocycles. The van der Waals surface area contributed by atoms with Crippen LogP contribution in [0.1, 0.15) is 52.4 Å². The van der Waals surface area contributed by atoms with E-state index in [1.54, 1.807) is 5.57 Å². The molecule has 0 amide bonds. The topological polar surface area (TPSA) is 0 Å². The first kappa shape index (κ1) is 12.7. The molecule has 0 fully saturated rings. The van der Waals surface area contributed by atoms with Gasteiger partial charge in [0.15, 0.2) is 0 Å². The number of allylic oxidation sites excluding steroid dienone is 6. The summed E-state index contributed by atoms with van der Waals surface area (Å²) < 4.78 is 0. The van der Waals surface area contributed by atoms with E-state index in [-0.39, 0.29) is 7.92 Å². The highest BCUT2D eigenvalue weighted by Gasteiger charge is 2.37. The van der Waals surface area contributed by atoms with Crippen LogP contribution in [0.25, 0.3) is 0 Å². The zero-order valence-electron chi connectivity index (χ0n) is 11.7. The third kappa shape index (κ3) is 2.25. The summed E-state index contributed by atoms with van der Waals surface area (Å²) in [5.41, 5.74) is 3.47. The lowest BCUT2D eigenvalue weighted by Gasteiger charge is -2.34. The lowest BCUT2D eigenvalue weighted by molar-refractivity contribution is 0.640. The van der Waals surface area contributed by atoms with Crippen molar-refractivity contribution in [3.63, 3.8) is 0 Å². The summed E-state index contributed by atoms with van der Waals surface area (Å²) in [6, 6.07) is 0. The molecule has 3 aliphatic carbocycles. The summed E-state index contributed by atoms with van der Waals surface area (Å²) >= 11 is 0. The van der Waals surface area contributed by atoms with Gasteiger partial charge in [0.05, 0.1) is 0 Å². The van der Waals surface area contributed by atoms with Crippen molar-refractivity contribution in [2.75, 3.05) is 0 Å². The van der Waals surface area contributed by atoms with E-state index in [1.807, 2.05) is 5.31 Å². The molecule has 0 nitrogen and oxygen atoms in total. The van der Waals surface area contributed by atoms with Gasteiger partial charge in [-0.2, -0.15) is 0 Å². The quantitative estimate of drug-likeness (QED) is 0.457. The zero-order valence-corrected chi connectivity index (χ0v) is 12.6. The lowest BCUT2D eigenvalue weighted by atomic mass is 10.1. The molecule has 0 aliphatic heterocycles. The van der Waals surface area contributed by atoms with Crippen molar-refractivity contribution in [2.45, 2.75) is 63.7 Å². The van der Waals surface area contributed by atoms with Crippen LogP contribution in [0.3, 0.4) is 0 Å². The van der Waals surface area contributed by atoms with Crippen molar-refractivity contribution in [1.82, 2.24) is 0 Å². The van der Waals surface area contributed by atoms with Gasteiger partial charge in [0.1, 0.15) is 0 Å². The first-order chi connectivity index (χ1) is 8.77. The SMILES string of the molecule is CC1=CCC[C@H]1P(C1=CCCC1)[C@H]1C=CCC1C. The van der Waals surface area contributed by atoms with Gasteiger partial charge in [-0.1, -0.05) is 44.7 Å². The Morgan fingerprint density at radius 2 is 2.11 bits per heavy atom. The monoisotopic (exact) mass is 260 g/mol. The molecular weight excluding hydrogens is 235 g/mol. The Kier molecular flexibility index (Phi) is 3.76. The van der Waals surface area contributed by atoms with E-state index >= 15 is 0 Å². The first-order valence-electron chi connectivity index (χ1n) is 7.58. The summed E-state index contributed by atoms with van der Waals surface area (Å²) in [5, 5.41) is 1.85. The van der Waals surface area contributed by atoms with Crippen molar-refractivity contribution in [1.29, 1.82) is 0 Å². The summed E-state index contributed by atoms with van der Waals surface area (Å²) in [7, 11) is 0.0633. The Bertz CT molecular complexity index is 400. The van der Waals surface area contributed by atoms with Crippen LogP contribution in [0, 0.1) is 5.92 Å². The van der Waals surface area contributed by atoms with Crippen LogP contribution in [0.5, 0.6) is 0 Å². The van der Waals surface area contributed by atoms with E-state index in [0.29, 0.717) is 0 Å². The summed E-state index contributed by atoms with van der Waals surface area (Å²) in [6.07, 6.45) is 18.3.